The van der Waals surface area contributed by atoms with Crippen molar-refractivity contribution in [1.82, 2.24) is 4.57 Å². The van der Waals surface area contributed by atoms with Crippen LogP contribution in [-0.2, 0) is 18.4 Å². The molecule has 74 valence electrons. The molecule has 0 amide bonds. The number of hydrogen-bond acceptors (Lipinski definition) is 1. The first kappa shape index (κ1) is 9.74. The highest BCUT2D eigenvalue weighted by Crippen LogP contribution is 2.23. The van der Waals surface area contributed by atoms with Crippen molar-refractivity contribution in [3.05, 3.63) is 34.4 Å². The fourth-order valence-corrected chi connectivity index (χ4v) is 2.00. The minimum absolute atomic E-state index is 0.656. The van der Waals surface area contributed by atoms with Gasteiger partial charge in [0.25, 0.3) is 0 Å². The maximum absolute atomic E-state index is 5.14. The zero-order chi connectivity index (χ0) is 10.1. The van der Waals surface area contributed by atoms with E-state index < -0.39 is 0 Å². The van der Waals surface area contributed by atoms with Crippen LogP contribution in [0.1, 0.15) is 5.69 Å². The van der Waals surface area contributed by atoms with Crippen molar-refractivity contribution in [3.8, 4) is 0 Å². The maximum Gasteiger partial charge on any atom is 0.0864 e. The van der Waals surface area contributed by atoms with Crippen LogP contribution < -0.4 is 0 Å². The number of ether oxygens (including phenoxy) is 1. The molecule has 0 unspecified atom stereocenters. The normalized spacial score (nSPS) is 11.1. The molecule has 0 N–H and O–H groups in total. The summed E-state index contributed by atoms with van der Waals surface area (Å²) in [5.74, 6) is 0. The topological polar surface area (TPSA) is 14.2 Å². The number of fused-ring (bicyclic) bond motifs is 1. The zero-order valence-corrected chi connectivity index (χ0v) is 9.84. The minimum atomic E-state index is 0.656. The summed E-state index contributed by atoms with van der Waals surface area (Å²) in [6, 6.07) is 8.44. The molecule has 0 saturated carbocycles. The average molecular weight is 254 g/mol. The van der Waals surface area contributed by atoms with E-state index >= 15 is 0 Å². The third kappa shape index (κ3) is 1.57. The number of benzene rings is 1. The molecule has 0 saturated heterocycles. The lowest BCUT2D eigenvalue weighted by Crippen LogP contribution is -1.96. The van der Waals surface area contributed by atoms with Crippen molar-refractivity contribution in [2.24, 2.45) is 7.05 Å². The fourth-order valence-electron chi connectivity index (χ4n) is 1.65. The van der Waals surface area contributed by atoms with E-state index in [1.165, 1.54) is 16.6 Å². The van der Waals surface area contributed by atoms with Crippen molar-refractivity contribution in [2.75, 3.05) is 7.11 Å². The van der Waals surface area contributed by atoms with Crippen LogP contribution in [0.5, 0.6) is 0 Å². The van der Waals surface area contributed by atoms with Gasteiger partial charge in [-0.05, 0) is 18.2 Å². The summed E-state index contributed by atoms with van der Waals surface area (Å²) in [5, 5.41) is 1.25. The highest BCUT2D eigenvalue weighted by atomic mass is 79.9. The van der Waals surface area contributed by atoms with Crippen molar-refractivity contribution < 1.29 is 4.74 Å². The van der Waals surface area contributed by atoms with Gasteiger partial charge >= 0.3 is 0 Å². The predicted molar refractivity (Wildman–Crippen MR) is 61.3 cm³/mol. The molecule has 0 aliphatic heterocycles. The van der Waals surface area contributed by atoms with Gasteiger partial charge in [0.1, 0.15) is 0 Å². The van der Waals surface area contributed by atoms with Gasteiger partial charge in [0.05, 0.1) is 6.61 Å². The third-order valence-corrected chi connectivity index (χ3v) is 2.89. The molecular weight excluding hydrogens is 242 g/mol. The predicted octanol–water partition coefficient (Wildman–Crippen LogP) is 3.09. The molecule has 0 fully saturated rings. The molecule has 1 aromatic carbocycles. The van der Waals surface area contributed by atoms with Gasteiger partial charge in [-0.25, -0.2) is 0 Å². The van der Waals surface area contributed by atoms with E-state index in [9.17, 15) is 0 Å². The summed E-state index contributed by atoms with van der Waals surface area (Å²) in [5.41, 5.74) is 2.42. The Morgan fingerprint density at radius 2 is 2.14 bits per heavy atom. The minimum Gasteiger partial charge on any atom is -0.378 e. The Morgan fingerprint density at radius 3 is 2.86 bits per heavy atom. The largest absolute Gasteiger partial charge is 0.378 e. The van der Waals surface area contributed by atoms with Crippen LogP contribution in [0.3, 0.4) is 0 Å². The smallest absolute Gasteiger partial charge is 0.0864 e. The molecule has 0 bridgehead atoms. The van der Waals surface area contributed by atoms with E-state index in [0.29, 0.717) is 6.61 Å². The Hall–Kier alpha value is -0.800. The van der Waals surface area contributed by atoms with Crippen LogP contribution in [-0.4, -0.2) is 11.7 Å². The molecule has 1 heterocycles. The van der Waals surface area contributed by atoms with E-state index in [0.717, 1.165) is 4.47 Å². The van der Waals surface area contributed by atoms with Gasteiger partial charge in [-0.2, -0.15) is 0 Å². The molecule has 1 aromatic heterocycles. The summed E-state index contributed by atoms with van der Waals surface area (Å²) in [7, 11) is 3.77. The van der Waals surface area contributed by atoms with Gasteiger partial charge in [-0.1, -0.05) is 22.0 Å². The van der Waals surface area contributed by atoms with Gasteiger partial charge < -0.3 is 9.30 Å². The first-order chi connectivity index (χ1) is 6.72. The molecular formula is C11H12BrNO. The van der Waals surface area contributed by atoms with Crippen LogP contribution in [0, 0.1) is 0 Å². The first-order valence-corrected chi connectivity index (χ1v) is 5.24. The summed E-state index contributed by atoms with van der Waals surface area (Å²) in [6.07, 6.45) is 0. The molecule has 0 aliphatic rings. The average Bonchev–Trinajstić information content (AvgIpc) is 2.46. The third-order valence-electron chi connectivity index (χ3n) is 2.40. The van der Waals surface area contributed by atoms with Crippen LogP contribution in [0.4, 0.5) is 0 Å². The SMILES string of the molecule is COCc1cc2ccc(Br)cc2n1C. The first-order valence-electron chi connectivity index (χ1n) is 4.45. The Balaban J connectivity index is 2.62. The lowest BCUT2D eigenvalue weighted by molar-refractivity contribution is 0.179. The van der Waals surface area contributed by atoms with E-state index in [2.05, 4.69) is 51.8 Å². The van der Waals surface area contributed by atoms with Gasteiger partial charge in [-0.3, -0.25) is 0 Å². The second-order valence-corrected chi connectivity index (χ2v) is 4.25. The van der Waals surface area contributed by atoms with Gasteiger partial charge in [0.2, 0.25) is 0 Å². The van der Waals surface area contributed by atoms with Gasteiger partial charge in [-0.15, -0.1) is 0 Å². The number of rotatable bonds is 2. The Labute approximate surface area is 91.6 Å². The number of halogens is 1. The number of hydrogen-bond donors (Lipinski definition) is 0. The monoisotopic (exact) mass is 253 g/mol. The molecule has 0 aliphatic carbocycles. The zero-order valence-electron chi connectivity index (χ0n) is 8.25. The molecule has 2 rings (SSSR count). The lowest BCUT2D eigenvalue weighted by Gasteiger charge is -2.02. The van der Waals surface area contributed by atoms with Crippen molar-refractivity contribution >= 4 is 26.8 Å². The number of nitrogens with zero attached hydrogens (tertiary/aromatic N) is 1. The van der Waals surface area contributed by atoms with Crippen molar-refractivity contribution in [2.45, 2.75) is 6.61 Å². The van der Waals surface area contributed by atoms with Crippen molar-refractivity contribution in [1.29, 1.82) is 0 Å². The van der Waals surface area contributed by atoms with E-state index in [1.54, 1.807) is 7.11 Å². The highest BCUT2D eigenvalue weighted by molar-refractivity contribution is 9.10. The Bertz CT molecular complexity index is 462. The summed E-state index contributed by atoms with van der Waals surface area (Å²) in [6.45, 7) is 0.656. The highest BCUT2D eigenvalue weighted by Gasteiger charge is 2.04. The van der Waals surface area contributed by atoms with Crippen LogP contribution >= 0.6 is 15.9 Å². The van der Waals surface area contributed by atoms with Gasteiger partial charge in [0, 0.05) is 35.2 Å². The Kier molecular flexibility index (Phi) is 2.61. The standard InChI is InChI=1S/C11H12BrNO/c1-13-10(7-14-2)5-8-3-4-9(12)6-11(8)13/h3-6H,7H2,1-2H3. The molecule has 3 heteroatoms. The van der Waals surface area contributed by atoms with E-state index in [4.69, 9.17) is 4.74 Å². The fraction of sp³-hybridized carbons (Fsp3) is 0.273. The maximum atomic E-state index is 5.14. The van der Waals surface area contributed by atoms with E-state index in [-0.39, 0.29) is 0 Å². The Morgan fingerprint density at radius 1 is 1.36 bits per heavy atom. The summed E-state index contributed by atoms with van der Waals surface area (Å²) < 4.78 is 8.40. The quantitative estimate of drug-likeness (QED) is 0.803. The summed E-state index contributed by atoms with van der Waals surface area (Å²) in [4.78, 5) is 0. The number of methoxy groups -OCH3 is 1. The summed E-state index contributed by atoms with van der Waals surface area (Å²) >= 11 is 3.47. The molecule has 0 atom stereocenters. The van der Waals surface area contributed by atoms with Crippen LogP contribution in [0.15, 0.2) is 28.7 Å². The molecule has 2 aromatic rings. The molecule has 2 nitrogen and oxygen atoms in total. The van der Waals surface area contributed by atoms with Crippen LogP contribution in [0.2, 0.25) is 0 Å². The lowest BCUT2D eigenvalue weighted by atomic mass is 10.2. The van der Waals surface area contributed by atoms with Crippen LogP contribution in [0.25, 0.3) is 10.9 Å². The number of aromatic nitrogens is 1. The van der Waals surface area contributed by atoms with Crippen molar-refractivity contribution in [3.63, 3.8) is 0 Å². The van der Waals surface area contributed by atoms with Gasteiger partial charge in [0.15, 0.2) is 0 Å². The number of aryl methyl sites for hydroxylation is 1. The molecule has 0 radical (unpaired) electrons. The molecule has 14 heavy (non-hydrogen) atoms. The second kappa shape index (κ2) is 3.75. The van der Waals surface area contributed by atoms with E-state index in [1.807, 2.05) is 0 Å². The second-order valence-electron chi connectivity index (χ2n) is 3.33. The molecule has 0 spiro atoms.